The average molecular weight is 477 g/mol. The number of ether oxygens (including phenoxy) is 3. The molecule has 1 aromatic carbocycles. The van der Waals surface area contributed by atoms with Crippen LogP contribution in [0.2, 0.25) is 0 Å². The van der Waals surface area contributed by atoms with Crippen molar-refractivity contribution in [2.75, 3.05) is 34.4 Å². The Morgan fingerprint density at radius 3 is 2.29 bits per heavy atom. The first-order valence-corrected chi connectivity index (χ1v) is 11.4. The summed E-state index contributed by atoms with van der Waals surface area (Å²) in [7, 11) is 4.78. The first-order valence-electron chi connectivity index (χ1n) is 11.4. The summed E-state index contributed by atoms with van der Waals surface area (Å²) in [6, 6.07) is 10.2. The van der Waals surface area contributed by atoms with Crippen LogP contribution in [-0.2, 0) is 19.0 Å². The lowest BCUT2D eigenvalue weighted by atomic mass is 10.0. The van der Waals surface area contributed by atoms with E-state index in [1.807, 2.05) is 12.1 Å². The SMILES string of the molecule is COC1=c2ccc(/C=C/C(=O)c3ccc(C(=O)N4CCC(=O)CC4)cc3)nc2=CC(OC)C1OC. The number of hydrogen-bond acceptors (Lipinski definition) is 7. The van der Waals surface area contributed by atoms with Gasteiger partial charge in [-0.1, -0.05) is 12.1 Å². The molecule has 8 heteroatoms. The van der Waals surface area contributed by atoms with Gasteiger partial charge in [0.1, 0.15) is 23.8 Å². The Morgan fingerprint density at radius 2 is 1.66 bits per heavy atom. The second-order valence-electron chi connectivity index (χ2n) is 8.37. The van der Waals surface area contributed by atoms with Gasteiger partial charge in [0.15, 0.2) is 5.78 Å². The minimum atomic E-state index is -0.366. The van der Waals surface area contributed by atoms with Gasteiger partial charge in [-0.2, -0.15) is 0 Å². The van der Waals surface area contributed by atoms with E-state index in [1.54, 1.807) is 62.6 Å². The molecule has 1 fully saturated rings. The summed E-state index contributed by atoms with van der Waals surface area (Å²) in [4.78, 5) is 43.0. The smallest absolute Gasteiger partial charge is 0.253 e. The van der Waals surface area contributed by atoms with Crippen LogP contribution in [0.15, 0.2) is 42.5 Å². The van der Waals surface area contributed by atoms with Crippen molar-refractivity contribution < 1.29 is 28.6 Å². The van der Waals surface area contributed by atoms with Gasteiger partial charge in [0, 0.05) is 56.5 Å². The van der Waals surface area contributed by atoms with Crippen molar-refractivity contribution in [3.05, 3.63) is 69.9 Å². The number of rotatable bonds is 7. The molecule has 0 N–H and O–H groups in total. The minimum Gasteiger partial charge on any atom is -0.498 e. The number of amides is 1. The van der Waals surface area contributed by atoms with Gasteiger partial charge < -0.3 is 19.1 Å². The maximum absolute atomic E-state index is 12.7. The van der Waals surface area contributed by atoms with E-state index in [0.717, 1.165) is 5.22 Å². The van der Waals surface area contributed by atoms with Gasteiger partial charge in [-0.05, 0) is 42.5 Å². The standard InChI is InChI=1S/C27H28N2O6/c1-33-24-16-22-21(25(34-2)26(24)35-3)10-8-19(28-22)9-11-23(31)17-4-6-18(7-5-17)27(32)29-14-12-20(30)13-15-29/h4-11,16,24,26H,12-15H2,1-3H3/b11-9+. The molecule has 1 aliphatic heterocycles. The summed E-state index contributed by atoms with van der Waals surface area (Å²) < 4.78 is 16.6. The molecule has 1 amide bonds. The molecule has 8 nitrogen and oxygen atoms in total. The quantitative estimate of drug-likeness (QED) is 0.440. The number of carbonyl (C=O) groups excluding carboxylic acids is 3. The molecular formula is C27H28N2O6. The van der Waals surface area contributed by atoms with E-state index in [0.29, 0.717) is 53.9 Å². The van der Waals surface area contributed by atoms with Crippen molar-refractivity contribution in [3.8, 4) is 0 Å². The highest BCUT2D eigenvalue weighted by Crippen LogP contribution is 2.17. The maximum Gasteiger partial charge on any atom is 0.253 e. The fraction of sp³-hybridized carbons (Fsp3) is 0.333. The van der Waals surface area contributed by atoms with E-state index in [9.17, 15) is 14.4 Å². The fourth-order valence-corrected chi connectivity index (χ4v) is 4.30. The Balaban J connectivity index is 1.49. The van der Waals surface area contributed by atoms with Crippen molar-refractivity contribution in [3.63, 3.8) is 0 Å². The van der Waals surface area contributed by atoms with Gasteiger partial charge in [0.25, 0.3) is 5.91 Å². The first-order chi connectivity index (χ1) is 16.9. The van der Waals surface area contributed by atoms with Gasteiger partial charge in [0.2, 0.25) is 0 Å². The Kier molecular flexibility index (Phi) is 7.53. The zero-order valence-electron chi connectivity index (χ0n) is 20.0. The van der Waals surface area contributed by atoms with Crippen molar-refractivity contribution in [1.29, 1.82) is 0 Å². The number of aromatic nitrogens is 1. The van der Waals surface area contributed by atoms with E-state index < -0.39 is 0 Å². The molecule has 1 aromatic heterocycles. The normalized spacial score (nSPS) is 19.9. The molecule has 35 heavy (non-hydrogen) atoms. The van der Waals surface area contributed by atoms with Gasteiger partial charge in [-0.15, -0.1) is 0 Å². The number of carbonyl (C=O) groups is 3. The van der Waals surface area contributed by atoms with Crippen LogP contribution < -0.4 is 10.6 Å². The molecule has 2 aromatic rings. The van der Waals surface area contributed by atoms with Crippen molar-refractivity contribution >= 4 is 35.4 Å². The first kappa shape index (κ1) is 24.5. The monoisotopic (exact) mass is 476 g/mol. The number of pyridine rings is 1. The highest BCUT2D eigenvalue weighted by Gasteiger charge is 2.28. The zero-order valence-corrected chi connectivity index (χ0v) is 20.0. The number of hydrogen-bond donors (Lipinski definition) is 0. The van der Waals surface area contributed by atoms with Crippen molar-refractivity contribution in [1.82, 2.24) is 9.88 Å². The molecule has 1 aliphatic carbocycles. The van der Waals surface area contributed by atoms with Crippen molar-refractivity contribution in [2.24, 2.45) is 0 Å². The second kappa shape index (κ2) is 10.8. The van der Waals surface area contributed by atoms with Crippen LogP contribution >= 0.6 is 0 Å². The fourth-order valence-electron chi connectivity index (χ4n) is 4.30. The Hall–Kier alpha value is -3.62. The molecule has 0 spiro atoms. The second-order valence-corrected chi connectivity index (χ2v) is 8.37. The molecule has 0 radical (unpaired) electrons. The van der Waals surface area contributed by atoms with Crippen molar-refractivity contribution in [2.45, 2.75) is 25.0 Å². The summed E-state index contributed by atoms with van der Waals surface area (Å²) in [5.74, 6) is 0.498. The predicted octanol–water partition coefficient (Wildman–Crippen LogP) is 1.36. The summed E-state index contributed by atoms with van der Waals surface area (Å²) in [6.07, 6.45) is 5.06. The number of ketones is 2. The third kappa shape index (κ3) is 5.23. The molecule has 4 rings (SSSR count). The molecule has 2 aliphatic rings. The lowest BCUT2D eigenvalue weighted by molar-refractivity contribution is -0.120. The topological polar surface area (TPSA) is 95.0 Å². The molecule has 182 valence electrons. The molecule has 0 bridgehead atoms. The number of Topliss-reactive ketones (excluding diaryl/α,β-unsaturated/α-hetero) is 1. The number of benzene rings is 1. The number of fused-ring (bicyclic) bond motifs is 1. The Labute approximate surface area is 203 Å². The molecule has 1 saturated heterocycles. The largest absolute Gasteiger partial charge is 0.498 e. The number of likely N-dealkylation sites (tertiary alicyclic amines) is 1. The third-order valence-electron chi connectivity index (χ3n) is 6.27. The molecular weight excluding hydrogens is 448 g/mol. The number of methoxy groups -OCH3 is 3. The Morgan fingerprint density at radius 1 is 0.971 bits per heavy atom. The van der Waals surface area contributed by atoms with Crippen LogP contribution in [0.25, 0.3) is 17.9 Å². The highest BCUT2D eigenvalue weighted by atomic mass is 16.6. The van der Waals surface area contributed by atoms with Gasteiger partial charge in [0.05, 0.1) is 18.2 Å². The summed E-state index contributed by atoms with van der Waals surface area (Å²) in [5.41, 5.74) is 1.58. The van der Waals surface area contributed by atoms with Crippen LogP contribution in [0.5, 0.6) is 0 Å². The van der Waals surface area contributed by atoms with Crippen LogP contribution in [-0.4, -0.2) is 74.0 Å². The van der Waals surface area contributed by atoms with Gasteiger partial charge in [-0.25, -0.2) is 4.98 Å². The Bertz CT molecular complexity index is 1270. The van der Waals surface area contributed by atoms with E-state index in [4.69, 9.17) is 14.2 Å². The lowest BCUT2D eigenvalue weighted by Gasteiger charge is -2.26. The molecule has 0 saturated carbocycles. The highest BCUT2D eigenvalue weighted by molar-refractivity contribution is 6.07. The molecule has 2 atom stereocenters. The van der Waals surface area contributed by atoms with Crippen LogP contribution in [0.1, 0.15) is 39.3 Å². The maximum atomic E-state index is 12.7. The lowest BCUT2D eigenvalue weighted by Crippen LogP contribution is -2.45. The summed E-state index contributed by atoms with van der Waals surface area (Å²) in [6.45, 7) is 0.875. The van der Waals surface area contributed by atoms with Crippen LogP contribution in [0.4, 0.5) is 0 Å². The summed E-state index contributed by atoms with van der Waals surface area (Å²) in [5, 5.41) is 1.51. The number of piperidine rings is 1. The van der Waals surface area contributed by atoms with E-state index in [-0.39, 0.29) is 29.7 Å². The average Bonchev–Trinajstić information content (AvgIpc) is 2.90. The third-order valence-corrected chi connectivity index (χ3v) is 6.27. The predicted molar refractivity (Wildman–Crippen MR) is 130 cm³/mol. The van der Waals surface area contributed by atoms with Gasteiger partial charge >= 0.3 is 0 Å². The van der Waals surface area contributed by atoms with Crippen LogP contribution in [0.3, 0.4) is 0 Å². The van der Waals surface area contributed by atoms with Gasteiger partial charge in [-0.3, -0.25) is 14.4 Å². The zero-order chi connectivity index (χ0) is 24.9. The molecule has 2 unspecified atom stereocenters. The minimum absolute atomic E-state index is 0.126. The van der Waals surface area contributed by atoms with Crippen LogP contribution in [0, 0.1) is 0 Å². The molecule has 2 heterocycles. The summed E-state index contributed by atoms with van der Waals surface area (Å²) >= 11 is 0. The van der Waals surface area contributed by atoms with E-state index in [1.165, 1.54) is 6.08 Å². The van der Waals surface area contributed by atoms with E-state index >= 15 is 0 Å². The van der Waals surface area contributed by atoms with E-state index in [2.05, 4.69) is 4.98 Å². The number of nitrogens with zero attached hydrogens (tertiary/aromatic N) is 2. The number of allylic oxidation sites excluding steroid dienone is 1.